The van der Waals surface area contributed by atoms with Crippen LogP contribution in [0.3, 0.4) is 0 Å². The molecule has 0 saturated carbocycles. The second kappa shape index (κ2) is 8.11. The number of fused-ring (bicyclic) bond motifs is 2. The summed E-state index contributed by atoms with van der Waals surface area (Å²) in [5.74, 6) is 1.09. The molecule has 4 bridgehead atoms. The second-order valence-corrected chi connectivity index (χ2v) is 7.81. The third-order valence-electron chi connectivity index (χ3n) is 5.99. The van der Waals surface area contributed by atoms with Crippen LogP contribution in [0.4, 0.5) is 5.69 Å². The van der Waals surface area contributed by atoms with Gasteiger partial charge in [-0.25, -0.2) is 0 Å². The van der Waals surface area contributed by atoms with Gasteiger partial charge in [-0.15, -0.1) is 0 Å². The molecule has 4 nitrogen and oxygen atoms in total. The summed E-state index contributed by atoms with van der Waals surface area (Å²) in [4.78, 5) is 4.60. The van der Waals surface area contributed by atoms with Crippen molar-refractivity contribution in [3.63, 3.8) is 0 Å². The Morgan fingerprint density at radius 3 is 2.18 bits per heavy atom. The van der Waals surface area contributed by atoms with Gasteiger partial charge in [0, 0.05) is 18.8 Å². The van der Waals surface area contributed by atoms with Crippen molar-refractivity contribution >= 4 is 17.2 Å². The van der Waals surface area contributed by atoms with Gasteiger partial charge in [0.1, 0.15) is 5.84 Å². The summed E-state index contributed by atoms with van der Waals surface area (Å²) in [6.07, 6.45) is 4.18. The maximum atomic E-state index is 8.81. The minimum absolute atomic E-state index is 0.463. The zero-order chi connectivity index (χ0) is 19.5. The molecule has 4 heterocycles. The normalized spacial score (nSPS) is 25.2. The molecule has 0 aromatic heterocycles. The molecule has 4 aliphatic rings. The van der Waals surface area contributed by atoms with Crippen LogP contribution in [0.2, 0.25) is 0 Å². The molecule has 4 heteroatoms. The number of para-hydroxylation sites is 1. The first-order valence-corrected chi connectivity index (χ1v) is 10.1. The van der Waals surface area contributed by atoms with Crippen molar-refractivity contribution in [2.75, 3.05) is 31.1 Å². The number of allylic oxidation sites excluding steroid dienone is 1. The van der Waals surface area contributed by atoms with E-state index in [4.69, 9.17) is 10.8 Å². The molecule has 2 aromatic carbocycles. The Kier molecular flexibility index (Phi) is 5.40. The predicted octanol–water partition coefficient (Wildman–Crippen LogP) is 4.68. The van der Waals surface area contributed by atoms with E-state index in [1.807, 2.05) is 31.2 Å². The van der Waals surface area contributed by atoms with E-state index in [2.05, 4.69) is 46.2 Å². The molecular weight excluding hydrogens is 344 g/mol. The zero-order valence-corrected chi connectivity index (χ0v) is 16.5. The summed E-state index contributed by atoms with van der Waals surface area (Å²) >= 11 is 0. The largest absolute Gasteiger partial charge is 0.325 e. The van der Waals surface area contributed by atoms with Crippen LogP contribution < -0.4 is 4.90 Å². The lowest BCUT2D eigenvalue weighted by Gasteiger charge is -2.34. The number of rotatable bonds is 1. The molecule has 6 rings (SSSR count). The maximum Gasteiger partial charge on any atom is 0.128 e. The molecule has 0 unspecified atom stereocenters. The maximum absolute atomic E-state index is 8.81. The smallest absolute Gasteiger partial charge is 0.128 e. The molecule has 0 amide bonds. The van der Waals surface area contributed by atoms with Crippen molar-refractivity contribution in [2.45, 2.75) is 25.7 Å². The van der Waals surface area contributed by atoms with Crippen LogP contribution in [0.15, 0.2) is 66.2 Å². The Labute approximate surface area is 167 Å². The van der Waals surface area contributed by atoms with Gasteiger partial charge in [0.05, 0.1) is 5.71 Å². The summed E-state index contributed by atoms with van der Waals surface area (Å²) in [5.41, 5.74) is 4.62. The number of hydrogen-bond acceptors (Lipinski definition) is 3. The Morgan fingerprint density at radius 1 is 0.821 bits per heavy atom. The van der Waals surface area contributed by atoms with Gasteiger partial charge in [0.2, 0.25) is 0 Å². The Balaban J connectivity index is 1.70. The fourth-order valence-electron chi connectivity index (χ4n) is 4.23. The Bertz CT molecular complexity index is 875. The number of benzene rings is 2. The topological polar surface area (TPSA) is 54.2 Å². The van der Waals surface area contributed by atoms with Gasteiger partial charge in [-0.2, -0.15) is 0 Å². The van der Waals surface area contributed by atoms with Crippen LogP contribution in [0.25, 0.3) is 0 Å². The summed E-state index contributed by atoms with van der Waals surface area (Å²) in [6.45, 7) is 5.88. The van der Waals surface area contributed by atoms with Crippen LogP contribution in [-0.4, -0.2) is 42.6 Å². The SMILES string of the molecule is C/C1=C/C(=N)c2ccc(cc2)C2CCN(CC2)CCN(c2ccccc2)C1=N. The van der Waals surface area contributed by atoms with Crippen molar-refractivity contribution in [3.8, 4) is 0 Å². The van der Waals surface area contributed by atoms with Gasteiger partial charge >= 0.3 is 0 Å². The van der Waals surface area contributed by atoms with Crippen molar-refractivity contribution in [1.29, 1.82) is 10.8 Å². The lowest BCUT2D eigenvalue weighted by atomic mass is 9.88. The highest BCUT2D eigenvalue weighted by molar-refractivity contribution is 6.14. The molecule has 144 valence electrons. The number of amidine groups is 1. The lowest BCUT2D eigenvalue weighted by molar-refractivity contribution is 0.218. The van der Waals surface area contributed by atoms with Crippen LogP contribution in [0.5, 0.6) is 0 Å². The first-order chi connectivity index (χ1) is 13.6. The number of piperidine rings is 1. The molecule has 0 radical (unpaired) electrons. The second-order valence-electron chi connectivity index (χ2n) is 7.81. The molecule has 28 heavy (non-hydrogen) atoms. The Hall–Kier alpha value is -2.72. The van der Waals surface area contributed by atoms with Crippen molar-refractivity contribution < 1.29 is 0 Å². The average Bonchev–Trinajstić information content (AvgIpc) is 2.75. The van der Waals surface area contributed by atoms with Crippen molar-refractivity contribution in [2.24, 2.45) is 0 Å². The molecule has 1 saturated heterocycles. The highest BCUT2D eigenvalue weighted by Gasteiger charge is 2.22. The summed E-state index contributed by atoms with van der Waals surface area (Å²) in [7, 11) is 0. The first kappa shape index (κ1) is 18.6. The fraction of sp³-hybridized carbons (Fsp3) is 0.333. The van der Waals surface area contributed by atoms with E-state index in [1.54, 1.807) is 0 Å². The van der Waals surface area contributed by atoms with E-state index in [1.165, 1.54) is 18.4 Å². The van der Waals surface area contributed by atoms with Gasteiger partial charge in [-0.05, 0) is 73.7 Å². The minimum Gasteiger partial charge on any atom is -0.325 e. The van der Waals surface area contributed by atoms with Crippen LogP contribution in [-0.2, 0) is 0 Å². The lowest BCUT2D eigenvalue weighted by Crippen LogP contribution is -2.41. The number of nitrogens with one attached hydrogen (secondary N) is 2. The standard InChI is InChI=1S/C24H28N4/c1-18-17-23(25)21-9-7-19(8-10-21)20-11-13-27(14-12-20)15-16-28(24(18)26)22-5-3-2-4-6-22/h2-10,17,20,25-26H,11-16H2,1H3/b18-17-,25-23?,26-24?. The number of hydrogen-bond donors (Lipinski definition) is 2. The van der Waals surface area contributed by atoms with Crippen LogP contribution in [0.1, 0.15) is 36.8 Å². The molecule has 1 fully saturated rings. The minimum atomic E-state index is 0.463. The van der Waals surface area contributed by atoms with E-state index in [9.17, 15) is 0 Å². The number of nitrogens with zero attached hydrogens (tertiary/aromatic N) is 2. The molecule has 0 atom stereocenters. The zero-order valence-electron chi connectivity index (χ0n) is 16.5. The molecule has 4 aliphatic heterocycles. The van der Waals surface area contributed by atoms with Gasteiger partial charge < -0.3 is 15.2 Å². The Morgan fingerprint density at radius 2 is 1.50 bits per heavy atom. The molecular formula is C24H28N4. The summed E-state index contributed by atoms with van der Waals surface area (Å²) in [6, 6.07) is 18.7. The van der Waals surface area contributed by atoms with Gasteiger partial charge in [0.15, 0.2) is 0 Å². The van der Waals surface area contributed by atoms with Crippen molar-refractivity contribution in [3.05, 3.63) is 77.4 Å². The van der Waals surface area contributed by atoms with E-state index in [0.717, 1.165) is 43.0 Å². The highest BCUT2D eigenvalue weighted by Crippen LogP contribution is 2.29. The van der Waals surface area contributed by atoms with E-state index < -0.39 is 0 Å². The van der Waals surface area contributed by atoms with Gasteiger partial charge in [-0.3, -0.25) is 5.41 Å². The monoisotopic (exact) mass is 372 g/mol. The fourth-order valence-corrected chi connectivity index (χ4v) is 4.23. The van der Waals surface area contributed by atoms with E-state index in [-0.39, 0.29) is 0 Å². The summed E-state index contributed by atoms with van der Waals surface area (Å²) in [5, 5.41) is 17.3. The predicted molar refractivity (Wildman–Crippen MR) is 117 cm³/mol. The quantitative estimate of drug-likeness (QED) is 0.764. The van der Waals surface area contributed by atoms with Gasteiger partial charge in [0.25, 0.3) is 0 Å². The molecule has 0 spiro atoms. The third-order valence-corrected chi connectivity index (χ3v) is 5.99. The van der Waals surface area contributed by atoms with E-state index >= 15 is 0 Å². The molecule has 2 aromatic rings. The third kappa shape index (κ3) is 3.92. The van der Waals surface area contributed by atoms with Gasteiger partial charge in [-0.1, -0.05) is 42.5 Å². The number of anilines is 1. The first-order valence-electron chi connectivity index (χ1n) is 10.1. The highest BCUT2D eigenvalue weighted by atomic mass is 15.2. The average molecular weight is 373 g/mol. The van der Waals surface area contributed by atoms with E-state index in [0.29, 0.717) is 17.5 Å². The summed E-state index contributed by atoms with van der Waals surface area (Å²) < 4.78 is 0. The van der Waals surface area contributed by atoms with Crippen LogP contribution in [0, 0.1) is 10.8 Å². The molecule has 2 N–H and O–H groups in total. The van der Waals surface area contributed by atoms with Crippen LogP contribution >= 0.6 is 0 Å². The van der Waals surface area contributed by atoms with Crippen molar-refractivity contribution in [1.82, 2.24) is 4.90 Å². The molecule has 0 aliphatic carbocycles.